The first-order valence-electron chi connectivity index (χ1n) is 8.35. The lowest BCUT2D eigenvalue weighted by Gasteiger charge is -2.06. The zero-order valence-electron chi connectivity index (χ0n) is 14.1. The van der Waals surface area contributed by atoms with E-state index >= 15 is 0 Å². The van der Waals surface area contributed by atoms with Gasteiger partial charge in [-0.05, 0) is 37.1 Å². The molecule has 1 amide bonds. The zero-order chi connectivity index (χ0) is 17.9. The van der Waals surface area contributed by atoms with Crippen molar-refractivity contribution in [2.75, 3.05) is 13.2 Å². The number of nitrogens with one attached hydrogen (secondary N) is 1. The number of ether oxygens (including phenoxy) is 1. The number of carbonyl (C=O) groups is 1. The summed E-state index contributed by atoms with van der Waals surface area (Å²) in [5.41, 5.74) is 1.92. The van der Waals surface area contributed by atoms with Gasteiger partial charge in [0.15, 0.2) is 0 Å². The molecule has 1 saturated carbocycles. The van der Waals surface area contributed by atoms with Crippen molar-refractivity contribution in [3.8, 4) is 17.3 Å². The quantitative estimate of drug-likeness (QED) is 0.641. The molecule has 0 radical (unpaired) electrons. The fourth-order valence-corrected chi connectivity index (χ4v) is 2.39. The number of carbonyl (C=O) groups excluding carboxylic acids is 1. The topological polar surface area (TPSA) is 116 Å². The average Bonchev–Trinajstić information content (AvgIpc) is 3.25. The number of hydrogen-bond donors (Lipinski definition) is 1. The van der Waals surface area contributed by atoms with E-state index in [1.54, 1.807) is 31.2 Å². The van der Waals surface area contributed by atoms with E-state index in [0.717, 1.165) is 18.4 Å². The average molecular weight is 355 g/mol. The molecule has 9 heteroatoms. The molecule has 134 valence electrons. The van der Waals surface area contributed by atoms with E-state index in [2.05, 4.69) is 30.4 Å². The molecule has 0 bridgehead atoms. The van der Waals surface area contributed by atoms with Gasteiger partial charge in [0.2, 0.25) is 11.7 Å². The maximum absolute atomic E-state index is 12.2. The van der Waals surface area contributed by atoms with E-state index in [1.807, 2.05) is 0 Å². The van der Waals surface area contributed by atoms with Gasteiger partial charge >= 0.3 is 0 Å². The maximum atomic E-state index is 12.2. The Hall–Kier alpha value is -3.23. The molecule has 0 unspecified atom stereocenters. The second kappa shape index (κ2) is 6.95. The second-order valence-corrected chi connectivity index (χ2v) is 6.07. The van der Waals surface area contributed by atoms with Gasteiger partial charge in [-0.3, -0.25) is 4.79 Å². The molecule has 0 atom stereocenters. The molecule has 2 heterocycles. The summed E-state index contributed by atoms with van der Waals surface area (Å²) in [4.78, 5) is 16.6. The van der Waals surface area contributed by atoms with Gasteiger partial charge in [0.25, 0.3) is 11.8 Å². The van der Waals surface area contributed by atoms with Crippen LogP contribution in [-0.2, 0) is 0 Å². The largest absolute Gasteiger partial charge is 0.472 e. The normalized spacial score (nSPS) is 13.6. The lowest BCUT2D eigenvalue weighted by Crippen LogP contribution is -2.28. The van der Waals surface area contributed by atoms with Crippen LogP contribution in [-0.4, -0.2) is 39.5 Å². The standard InChI is InChI=1S/C17H17N5O4/c1-10-16(22-26-20-10)24-9-8-18-15(23)12-4-2-11(3-5-12)14-19-17(25-21-14)13-6-7-13/h2-5,13H,6-9H2,1H3,(H,18,23). The van der Waals surface area contributed by atoms with Gasteiger partial charge < -0.3 is 14.6 Å². The fourth-order valence-electron chi connectivity index (χ4n) is 2.39. The Morgan fingerprint density at radius 2 is 2.04 bits per heavy atom. The van der Waals surface area contributed by atoms with Crippen LogP contribution in [0.5, 0.6) is 5.88 Å². The predicted molar refractivity (Wildman–Crippen MR) is 88.6 cm³/mol. The summed E-state index contributed by atoms with van der Waals surface area (Å²) in [7, 11) is 0. The van der Waals surface area contributed by atoms with E-state index in [-0.39, 0.29) is 12.5 Å². The third kappa shape index (κ3) is 3.56. The van der Waals surface area contributed by atoms with Crippen molar-refractivity contribution in [1.29, 1.82) is 0 Å². The lowest BCUT2D eigenvalue weighted by molar-refractivity contribution is 0.0946. The smallest absolute Gasteiger partial charge is 0.278 e. The van der Waals surface area contributed by atoms with Gasteiger partial charge in [0, 0.05) is 17.0 Å². The van der Waals surface area contributed by atoms with Gasteiger partial charge in [-0.2, -0.15) is 4.98 Å². The molecule has 0 aliphatic heterocycles. The molecule has 3 aromatic rings. The molecule has 9 nitrogen and oxygen atoms in total. The summed E-state index contributed by atoms with van der Waals surface area (Å²) in [6, 6.07) is 7.06. The monoisotopic (exact) mass is 355 g/mol. The summed E-state index contributed by atoms with van der Waals surface area (Å²) in [6.07, 6.45) is 2.22. The van der Waals surface area contributed by atoms with Crippen molar-refractivity contribution < 1.29 is 18.7 Å². The number of nitrogens with zero attached hydrogens (tertiary/aromatic N) is 4. The van der Waals surface area contributed by atoms with Crippen molar-refractivity contribution in [3.05, 3.63) is 41.4 Å². The van der Waals surface area contributed by atoms with Crippen LogP contribution in [0.2, 0.25) is 0 Å². The highest BCUT2D eigenvalue weighted by Crippen LogP contribution is 2.39. The minimum atomic E-state index is -0.193. The molecule has 1 aromatic carbocycles. The van der Waals surface area contributed by atoms with Crippen LogP contribution < -0.4 is 10.1 Å². The number of benzene rings is 1. The Balaban J connectivity index is 1.29. The fraction of sp³-hybridized carbons (Fsp3) is 0.353. The first-order valence-corrected chi connectivity index (χ1v) is 8.35. The van der Waals surface area contributed by atoms with Crippen molar-refractivity contribution in [1.82, 2.24) is 25.8 Å². The number of aryl methyl sites for hydroxylation is 1. The molecule has 0 spiro atoms. The molecule has 1 aliphatic carbocycles. The zero-order valence-corrected chi connectivity index (χ0v) is 14.1. The van der Waals surface area contributed by atoms with Crippen molar-refractivity contribution in [3.63, 3.8) is 0 Å². The van der Waals surface area contributed by atoms with Gasteiger partial charge in [0.05, 0.1) is 6.54 Å². The van der Waals surface area contributed by atoms with Crippen LogP contribution in [0.4, 0.5) is 0 Å². The van der Waals surface area contributed by atoms with Crippen LogP contribution in [0.25, 0.3) is 11.4 Å². The molecular formula is C17H17N5O4. The third-order valence-corrected chi connectivity index (χ3v) is 4.01. The van der Waals surface area contributed by atoms with Crippen LogP contribution in [0.15, 0.2) is 33.4 Å². The summed E-state index contributed by atoms with van der Waals surface area (Å²) in [5.74, 6) is 1.79. The first-order chi connectivity index (χ1) is 12.7. The van der Waals surface area contributed by atoms with Gasteiger partial charge in [-0.25, -0.2) is 4.63 Å². The van der Waals surface area contributed by atoms with E-state index in [4.69, 9.17) is 9.26 Å². The highest BCUT2D eigenvalue weighted by atomic mass is 16.6. The molecule has 26 heavy (non-hydrogen) atoms. The Morgan fingerprint density at radius 1 is 1.23 bits per heavy atom. The third-order valence-electron chi connectivity index (χ3n) is 4.01. The Kier molecular flexibility index (Phi) is 4.34. The Bertz CT molecular complexity index is 898. The van der Waals surface area contributed by atoms with Crippen LogP contribution >= 0.6 is 0 Å². The molecule has 4 rings (SSSR count). The highest BCUT2D eigenvalue weighted by molar-refractivity contribution is 5.94. The molecule has 1 fully saturated rings. The Morgan fingerprint density at radius 3 is 2.73 bits per heavy atom. The lowest BCUT2D eigenvalue weighted by atomic mass is 10.1. The van der Waals surface area contributed by atoms with E-state index in [9.17, 15) is 4.79 Å². The summed E-state index contributed by atoms with van der Waals surface area (Å²) >= 11 is 0. The molecule has 1 aliphatic rings. The summed E-state index contributed by atoms with van der Waals surface area (Å²) in [5, 5.41) is 14.0. The first kappa shape index (κ1) is 16.2. The summed E-state index contributed by atoms with van der Waals surface area (Å²) < 4.78 is 15.1. The predicted octanol–water partition coefficient (Wildman–Crippen LogP) is 2.11. The molecule has 0 saturated heterocycles. The van der Waals surface area contributed by atoms with Crippen LogP contribution in [0.1, 0.15) is 40.7 Å². The minimum Gasteiger partial charge on any atom is -0.472 e. The van der Waals surface area contributed by atoms with E-state index in [1.165, 1.54) is 0 Å². The number of amides is 1. The van der Waals surface area contributed by atoms with Crippen molar-refractivity contribution in [2.24, 2.45) is 0 Å². The Labute approximate surface area is 148 Å². The summed E-state index contributed by atoms with van der Waals surface area (Å²) in [6.45, 7) is 2.33. The van der Waals surface area contributed by atoms with Crippen LogP contribution in [0.3, 0.4) is 0 Å². The molecule has 2 aromatic heterocycles. The van der Waals surface area contributed by atoms with E-state index < -0.39 is 0 Å². The van der Waals surface area contributed by atoms with Crippen LogP contribution in [0, 0.1) is 6.92 Å². The number of hydrogen-bond acceptors (Lipinski definition) is 8. The number of aromatic nitrogens is 4. The van der Waals surface area contributed by atoms with Crippen molar-refractivity contribution >= 4 is 5.91 Å². The van der Waals surface area contributed by atoms with Gasteiger partial charge in [-0.15, -0.1) is 0 Å². The number of rotatable bonds is 7. The second-order valence-electron chi connectivity index (χ2n) is 6.07. The maximum Gasteiger partial charge on any atom is 0.278 e. The van der Waals surface area contributed by atoms with Gasteiger partial charge in [-0.1, -0.05) is 22.4 Å². The molecular weight excluding hydrogens is 338 g/mol. The van der Waals surface area contributed by atoms with E-state index in [0.29, 0.717) is 41.3 Å². The van der Waals surface area contributed by atoms with Crippen molar-refractivity contribution in [2.45, 2.75) is 25.7 Å². The minimum absolute atomic E-state index is 0.193. The SMILES string of the molecule is Cc1nonc1OCCNC(=O)c1ccc(-c2noc(C3CC3)n2)cc1. The molecule has 1 N–H and O–H groups in total. The highest BCUT2D eigenvalue weighted by Gasteiger charge is 2.29. The van der Waals surface area contributed by atoms with Gasteiger partial charge in [0.1, 0.15) is 12.3 Å².